The number of hydrogen-bond acceptors (Lipinski definition) is 5. The highest BCUT2D eigenvalue weighted by atomic mass is 35.5. The molecule has 0 aliphatic heterocycles. The van der Waals surface area contributed by atoms with Gasteiger partial charge in [-0.05, 0) is 54.6 Å². The molecule has 3 aromatic carbocycles. The van der Waals surface area contributed by atoms with Crippen LogP contribution in [0.1, 0.15) is 10.6 Å². The minimum Gasteiger partial charge on any atom is -0.497 e. The van der Waals surface area contributed by atoms with Crippen molar-refractivity contribution < 1.29 is 4.74 Å². The van der Waals surface area contributed by atoms with Crippen molar-refractivity contribution in [3.05, 3.63) is 106 Å². The number of ether oxygens (including phenoxy) is 1. The average molecular weight is 495 g/mol. The first-order valence-electron chi connectivity index (χ1n) is 10.8. The van der Waals surface area contributed by atoms with Gasteiger partial charge in [0.15, 0.2) is 0 Å². The molecular formula is C28H19ClN4OS. The fourth-order valence-electron chi connectivity index (χ4n) is 3.63. The van der Waals surface area contributed by atoms with Crippen LogP contribution in [-0.4, -0.2) is 21.9 Å². The molecule has 0 bridgehead atoms. The summed E-state index contributed by atoms with van der Waals surface area (Å²) in [7, 11) is 1.64. The summed E-state index contributed by atoms with van der Waals surface area (Å²) < 4.78 is 7.12. The SMILES string of the molecule is COc1ccc(-c2nn(-c3ccccc3)cc2C=C(C#N)c2nc(-c3ccc(Cl)cc3)cs2)cc1. The molecule has 0 radical (unpaired) electrons. The van der Waals surface area contributed by atoms with Gasteiger partial charge in [0, 0.05) is 33.3 Å². The molecule has 2 aromatic heterocycles. The third-order valence-corrected chi connectivity index (χ3v) is 6.55. The van der Waals surface area contributed by atoms with Gasteiger partial charge in [0.2, 0.25) is 0 Å². The molecular weight excluding hydrogens is 476 g/mol. The molecule has 5 rings (SSSR count). The largest absolute Gasteiger partial charge is 0.497 e. The maximum Gasteiger partial charge on any atom is 0.134 e. The number of benzene rings is 3. The van der Waals surface area contributed by atoms with E-state index in [9.17, 15) is 5.26 Å². The smallest absolute Gasteiger partial charge is 0.134 e. The normalized spacial score (nSPS) is 11.3. The maximum absolute atomic E-state index is 10.00. The third-order valence-electron chi connectivity index (χ3n) is 5.42. The van der Waals surface area contributed by atoms with Crippen LogP contribution < -0.4 is 4.74 Å². The zero-order chi connectivity index (χ0) is 24.2. The summed E-state index contributed by atoms with van der Waals surface area (Å²) in [6.45, 7) is 0. The van der Waals surface area contributed by atoms with Crippen molar-refractivity contribution >= 4 is 34.6 Å². The van der Waals surface area contributed by atoms with Crippen LogP contribution in [0.2, 0.25) is 5.02 Å². The highest BCUT2D eigenvalue weighted by molar-refractivity contribution is 7.11. The number of hydrogen-bond donors (Lipinski definition) is 0. The fraction of sp³-hybridized carbons (Fsp3) is 0.0357. The number of allylic oxidation sites excluding steroid dienone is 1. The number of nitriles is 1. The van der Waals surface area contributed by atoms with Crippen LogP contribution in [0.15, 0.2) is 90.4 Å². The second-order valence-electron chi connectivity index (χ2n) is 7.66. The summed E-state index contributed by atoms with van der Waals surface area (Å²) in [6, 6.07) is 27.4. The summed E-state index contributed by atoms with van der Waals surface area (Å²) in [5, 5.41) is 18.1. The van der Waals surface area contributed by atoms with Crippen molar-refractivity contribution in [3.63, 3.8) is 0 Å². The topological polar surface area (TPSA) is 63.7 Å². The lowest BCUT2D eigenvalue weighted by Gasteiger charge is -2.03. The van der Waals surface area contributed by atoms with E-state index >= 15 is 0 Å². The van der Waals surface area contributed by atoms with E-state index in [4.69, 9.17) is 26.4 Å². The highest BCUT2D eigenvalue weighted by Gasteiger charge is 2.15. The lowest BCUT2D eigenvalue weighted by molar-refractivity contribution is 0.415. The number of nitrogens with zero attached hydrogens (tertiary/aromatic N) is 4. The van der Waals surface area contributed by atoms with Crippen molar-refractivity contribution in [1.29, 1.82) is 5.26 Å². The van der Waals surface area contributed by atoms with E-state index in [0.717, 1.165) is 39.5 Å². The van der Waals surface area contributed by atoms with E-state index in [-0.39, 0.29) is 0 Å². The Morgan fingerprint density at radius 1 is 1.00 bits per heavy atom. The second kappa shape index (κ2) is 9.98. The van der Waals surface area contributed by atoms with E-state index in [0.29, 0.717) is 15.6 Å². The molecule has 2 heterocycles. The van der Waals surface area contributed by atoms with E-state index in [2.05, 4.69) is 6.07 Å². The molecule has 0 amide bonds. The fourth-order valence-corrected chi connectivity index (χ4v) is 4.55. The van der Waals surface area contributed by atoms with Gasteiger partial charge in [0.1, 0.15) is 16.8 Å². The van der Waals surface area contributed by atoms with E-state index in [1.54, 1.807) is 7.11 Å². The molecule has 0 unspecified atom stereocenters. The van der Waals surface area contributed by atoms with Gasteiger partial charge in [-0.15, -0.1) is 11.3 Å². The van der Waals surface area contributed by atoms with Crippen LogP contribution in [0.25, 0.3) is 39.9 Å². The molecule has 0 saturated heterocycles. The molecule has 5 aromatic rings. The van der Waals surface area contributed by atoms with Crippen molar-refractivity contribution in [1.82, 2.24) is 14.8 Å². The summed E-state index contributed by atoms with van der Waals surface area (Å²) in [6.07, 6.45) is 3.77. The lowest BCUT2D eigenvalue weighted by Crippen LogP contribution is -1.94. The van der Waals surface area contributed by atoms with Gasteiger partial charge in [-0.1, -0.05) is 41.9 Å². The van der Waals surface area contributed by atoms with Crippen LogP contribution in [0, 0.1) is 11.3 Å². The first-order chi connectivity index (χ1) is 17.1. The molecule has 0 fully saturated rings. The van der Waals surface area contributed by atoms with E-state index < -0.39 is 0 Å². The first kappa shape index (κ1) is 22.6. The molecule has 0 N–H and O–H groups in total. The predicted octanol–water partition coefficient (Wildman–Crippen LogP) is 7.39. The lowest BCUT2D eigenvalue weighted by atomic mass is 10.1. The molecule has 5 nitrogen and oxygen atoms in total. The monoisotopic (exact) mass is 494 g/mol. The molecule has 35 heavy (non-hydrogen) atoms. The average Bonchev–Trinajstić information content (AvgIpc) is 3.56. The zero-order valence-electron chi connectivity index (χ0n) is 18.7. The summed E-state index contributed by atoms with van der Waals surface area (Å²) in [5.41, 5.74) is 5.66. The Kier molecular flexibility index (Phi) is 6.44. The van der Waals surface area contributed by atoms with Crippen LogP contribution in [0.4, 0.5) is 0 Å². The Bertz CT molecular complexity index is 1530. The zero-order valence-corrected chi connectivity index (χ0v) is 20.3. The van der Waals surface area contributed by atoms with Gasteiger partial charge in [-0.25, -0.2) is 9.67 Å². The summed E-state index contributed by atoms with van der Waals surface area (Å²) in [5.74, 6) is 0.767. The van der Waals surface area contributed by atoms with Gasteiger partial charge in [0.25, 0.3) is 0 Å². The van der Waals surface area contributed by atoms with Gasteiger partial charge in [-0.2, -0.15) is 10.4 Å². The molecule has 0 saturated carbocycles. The second-order valence-corrected chi connectivity index (χ2v) is 8.95. The Labute approximate surface area is 212 Å². The predicted molar refractivity (Wildman–Crippen MR) is 142 cm³/mol. The molecule has 170 valence electrons. The van der Waals surface area contributed by atoms with Crippen molar-refractivity contribution in [2.75, 3.05) is 7.11 Å². The van der Waals surface area contributed by atoms with Gasteiger partial charge >= 0.3 is 0 Å². The van der Waals surface area contributed by atoms with Crippen molar-refractivity contribution in [3.8, 4) is 40.0 Å². The molecule has 0 aliphatic carbocycles. The Morgan fingerprint density at radius 2 is 1.71 bits per heavy atom. The number of aromatic nitrogens is 3. The van der Waals surface area contributed by atoms with Crippen LogP contribution in [-0.2, 0) is 0 Å². The third kappa shape index (κ3) is 4.87. The maximum atomic E-state index is 10.00. The minimum atomic E-state index is 0.470. The molecule has 0 aliphatic rings. The summed E-state index contributed by atoms with van der Waals surface area (Å²) in [4.78, 5) is 4.71. The number of rotatable bonds is 6. The summed E-state index contributed by atoms with van der Waals surface area (Å²) >= 11 is 7.44. The van der Waals surface area contributed by atoms with Crippen LogP contribution in [0.3, 0.4) is 0 Å². The van der Waals surface area contributed by atoms with E-state index in [1.807, 2.05) is 101 Å². The van der Waals surface area contributed by atoms with Gasteiger partial charge in [-0.3, -0.25) is 0 Å². The standard InChI is InChI=1S/C28H19ClN4OS/c1-34-25-13-9-20(10-14-25)27-22(17-33(32-27)24-5-3-2-4-6-24)15-21(16-30)28-31-26(18-35-28)19-7-11-23(29)12-8-19/h2-15,17-18H,1H3. The van der Waals surface area contributed by atoms with Crippen LogP contribution in [0.5, 0.6) is 5.75 Å². The van der Waals surface area contributed by atoms with Crippen LogP contribution >= 0.6 is 22.9 Å². The molecule has 7 heteroatoms. The van der Waals surface area contributed by atoms with Gasteiger partial charge in [0.05, 0.1) is 29.8 Å². The minimum absolute atomic E-state index is 0.470. The highest BCUT2D eigenvalue weighted by Crippen LogP contribution is 2.31. The number of thiazole rings is 1. The Balaban J connectivity index is 1.58. The number of methoxy groups -OCH3 is 1. The number of para-hydroxylation sites is 1. The van der Waals surface area contributed by atoms with Crippen molar-refractivity contribution in [2.45, 2.75) is 0 Å². The Morgan fingerprint density at radius 3 is 2.40 bits per heavy atom. The van der Waals surface area contributed by atoms with E-state index in [1.165, 1.54) is 11.3 Å². The Hall–Kier alpha value is -4.18. The van der Waals surface area contributed by atoms with Gasteiger partial charge < -0.3 is 4.74 Å². The quantitative estimate of drug-likeness (QED) is 0.231. The molecule has 0 spiro atoms. The number of halogens is 1. The van der Waals surface area contributed by atoms with Crippen molar-refractivity contribution in [2.24, 2.45) is 0 Å². The first-order valence-corrected chi connectivity index (χ1v) is 12.0. The molecule has 0 atom stereocenters.